The summed E-state index contributed by atoms with van der Waals surface area (Å²) in [5, 5.41) is 0. The van der Waals surface area contributed by atoms with Crippen molar-refractivity contribution in [3.63, 3.8) is 0 Å². The molecular weight excluding hydrogens is 560 g/mol. The molecule has 0 bridgehead atoms. The third-order valence-electron chi connectivity index (χ3n) is 8.37. The Morgan fingerprint density at radius 1 is 0.511 bits per heavy atom. The molecular formula is C40H48O5. The van der Waals surface area contributed by atoms with Gasteiger partial charge in [-0.05, 0) is 96.8 Å². The van der Waals surface area contributed by atoms with Gasteiger partial charge in [0.05, 0.1) is 13.7 Å². The molecule has 5 nitrogen and oxygen atoms in total. The lowest BCUT2D eigenvalue weighted by Gasteiger charge is -2.26. The fourth-order valence-electron chi connectivity index (χ4n) is 5.39. The van der Waals surface area contributed by atoms with Crippen molar-refractivity contribution < 1.29 is 23.7 Å². The summed E-state index contributed by atoms with van der Waals surface area (Å²) in [7, 11) is 3.44. The number of hydrogen-bond donors (Lipinski definition) is 0. The maximum atomic E-state index is 13.1. The van der Waals surface area contributed by atoms with Crippen LogP contribution in [0, 0.1) is 0 Å². The van der Waals surface area contributed by atoms with E-state index in [0.717, 1.165) is 30.3 Å². The highest BCUT2D eigenvalue weighted by Gasteiger charge is 2.23. The third kappa shape index (κ3) is 10.2. The quantitative estimate of drug-likeness (QED) is 0.0783. The molecule has 0 aliphatic heterocycles. The summed E-state index contributed by atoms with van der Waals surface area (Å²) in [5.74, 6) is 3.04. The van der Waals surface area contributed by atoms with E-state index in [1.807, 2.05) is 72.8 Å². The number of hydrogen-bond acceptors (Lipinski definition) is 5. The van der Waals surface area contributed by atoms with E-state index in [2.05, 4.69) is 38.1 Å². The van der Waals surface area contributed by atoms with Crippen molar-refractivity contribution in [3.8, 4) is 23.0 Å². The van der Waals surface area contributed by atoms with Crippen LogP contribution in [0.4, 0.5) is 0 Å². The number of benzene rings is 4. The molecule has 0 aliphatic rings. The molecule has 0 fully saturated rings. The summed E-state index contributed by atoms with van der Waals surface area (Å²) in [5.41, 5.74) is 3.48. The average molecular weight is 609 g/mol. The Balaban J connectivity index is 1.20. The Kier molecular flexibility index (Phi) is 13.1. The molecule has 5 heteroatoms. The van der Waals surface area contributed by atoms with Crippen molar-refractivity contribution >= 4 is 5.78 Å². The van der Waals surface area contributed by atoms with Crippen LogP contribution in [0.5, 0.6) is 23.0 Å². The topological polar surface area (TPSA) is 54.0 Å². The first-order chi connectivity index (χ1) is 21.9. The summed E-state index contributed by atoms with van der Waals surface area (Å²) in [6.07, 6.45) is 9.79. The number of carbonyl (C=O) groups excluding carboxylic acids is 1. The van der Waals surface area contributed by atoms with Gasteiger partial charge in [0.1, 0.15) is 23.0 Å². The summed E-state index contributed by atoms with van der Waals surface area (Å²) >= 11 is 0. The lowest BCUT2D eigenvalue weighted by Crippen LogP contribution is -2.18. The van der Waals surface area contributed by atoms with Gasteiger partial charge in [-0.2, -0.15) is 0 Å². The van der Waals surface area contributed by atoms with Crippen molar-refractivity contribution in [1.29, 1.82) is 0 Å². The van der Waals surface area contributed by atoms with Crippen molar-refractivity contribution in [1.82, 2.24) is 0 Å². The molecule has 4 aromatic rings. The van der Waals surface area contributed by atoms with E-state index >= 15 is 0 Å². The normalized spacial score (nSPS) is 11.3. The zero-order valence-electron chi connectivity index (χ0n) is 27.3. The van der Waals surface area contributed by atoms with E-state index < -0.39 is 0 Å². The largest absolute Gasteiger partial charge is 0.497 e. The van der Waals surface area contributed by atoms with Crippen LogP contribution in [0.1, 0.15) is 92.3 Å². The fourth-order valence-corrected chi connectivity index (χ4v) is 5.39. The highest BCUT2D eigenvalue weighted by atomic mass is 16.5. The zero-order valence-corrected chi connectivity index (χ0v) is 27.3. The highest BCUT2D eigenvalue weighted by molar-refractivity contribution is 6.09. The molecule has 0 amide bonds. The number of unbranched alkanes of at least 4 members (excludes halogenated alkanes) is 7. The van der Waals surface area contributed by atoms with Gasteiger partial charge in [-0.1, -0.05) is 76.6 Å². The Bertz CT molecular complexity index is 1420. The van der Waals surface area contributed by atoms with Crippen LogP contribution in [0.3, 0.4) is 0 Å². The van der Waals surface area contributed by atoms with E-state index in [0.29, 0.717) is 23.5 Å². The van der Waals surface area contributed by atoms with Crippen molar-refractivity contribution in [3.05, 3.63) is 119 Å². The van der Waals surface area contributed by atoms with Gasteiger partial charge in [0.2, 0.25) is 0 Å². The summed E-state index contributed by atoms with van der Waals surface area (Å²) in [4.78, 5) is 13.1. The Morgan fingerprint density at radius 2 is 0.911 bits per heavy atom. The molecule has 0 aliphatic carbocycles. The molecule has 238 valence electrons. The lowest BCUT2D eigenvalue weighted by molar-refractivity contribution is 0.103. The van der Waals surface area contributed by atoms with Crippen molar-refractivity contribution in [2.45, 2.75) is 70.6 Å². The second-order valence-corrected chi connectivity index (χ2v) is 12.0. The van der Waals surface area contributed by atoms with E-state index in [4.69, 9.17) is 18.9 Å². The SMILES string of the molecule is COCCCCCCCCCCOc1ccc(C(=O)c2ccc(Oc3ccc(C(C)(C)c4ccc(OC)cc4)cc3)cc2)cc1. The minimum Gasteiger partial charge on any atom is -0.497 e. The Labute approximate surface area is 269 Å². The molecule has 0 radical (unpaired) electrons. The monoisotopic (exact) mass is 608 g/mol. The van der Waals surface area contributed by atoms with Gasteiger partial charge in [0.15, 0.2) is 5.78 Å². The summed E-state index contributed by atoms with van der Waals surface area (Å²) < 4.78 is 22.4. The minimum atomic E-state index is -0.166. The molecule has 0 heterocycles. The van der Waals surface area contributed by atoms with Gasteiger partial charge < -0.3 is 18.9 Å². The van der Waals surface area contributed by atoms with Gasteiger partial charge in [-0.3, -0.25) is 4.79 Å². The van der Waals surface area contributed by atoms with Gasteiger partial charge in [0, 0.05) is 30.3 Å². The molecule has 0 unspecified atom stereocenters. The van der Waals surface area contributed by atoms with Crippen LogP contribution in [-0.4, -0.2) is 33.2 Å². The Morgan fingerprint density at radius 3 is 1.38 bits per heavy atom. The maximum absolute atomic E-state index is 13.1. The number of methoxy groups -OCH3 is 2. The highest BCUT2D eigenvalue weighted by Crippen LogP contribution is 2.34. The van der Waals surface area contributed by atoms with E-state index in [-0.39, 0.29) is 11.2 Å². The minimum absolute atomic E-state index is 0.0274. The molecule has 0 N–H and O–H groups in total. The first-order valence-electron chi connectivity index (χ1n) is 16.2. The fraction of sp³-hybridized carbons (Fsp3) is 0.375. The molecule has 0 aromatic heterocycles. The van der Waals surface area contributed by atoms with Gasteiger partial charge >= 0.3 is 0 Å². The van der Waals surface area contributed by atoms with Crippen LogP contribution in [0.2, 0.25) is 0 Å². The first-order valence-corrected chi connectivity index (χ1v) is 16.2. The van der Waals surface area contributed by atoms with Crippen LogP contribution in [-0.2, 0) is 10.2 Å². The molecule has 0 atom stereocenters. The molecule has 0 saturated carbocycles. The van der Waals surface area contributed by atoms with Crippen molar-refractivity contribution in [2.75, 3.05) is 27.4 Å². The predicted octanol–water partition coefficient (Wildman–Crippen LogP) is 10.2. The molecule has 4 aromatic carbocycles. The summed E-state index contributed by atoms with van der Waals surface area (Å²) in [6, 6.07) is 31.1. The second-order valence-electron chi connectivity index (χ2n) is 12.0. The van der Waals surface area contributed by atoms with Crippen LogP contribution in [0.15, 0.2) is 97.1 Å². The lowest BCUT2D eigenvalue weighted by atomic mass is 9.78. The average Bonchev–Trinajstić information content (AvgIpc) is 3.08. The van der Waals surface area contributed by atoms with Gasteiger partial charge in [0.25, 0.3) is 0 Å². The summed E-state index contributed by atoms with van der Waals surface area (Å²) in [6.45, 7) is 5.99. The van der Waals surface area contributed by atoms with E-state index in [1.54, 1.807) is 14.2 Å². The molecule has 4 rings (SSSR count). The Hall–Kier alpha value is -4.09. The van der Waals surface area contributed by atoms with Gasteiger partial charge in [-0.15, -0.1) is 0 Å². The number of carbonyl (C=O) groups is 1. The van der Waals surface area contributed by atoms with E-state index in [9.17, 15) is 4.79 Å². The third-order valence-corrected chi connectivity index (χ3v) is 8.37. The maximum Gasteiger partial charge on any atom is 0.193 e. The van der Waals surface area contributed by atoms with Crippen molar-refractivity contribution in [2.24, 2.45) is 0 Å². The second kappa shape index (κ2) is 17.4. The first kappa shape index (κ1) is 33.8. The molecule has 0 saturated heterocycles. The number of ether oxygens (including phenoxy) is 4. The number of rotatable bonds is 19. The van der Waals surface area contributed by atoms with Crippen LogP contribution in [0.25, 0.3) is 0 Å². The zero-order chi connectivity index (χ0) is 31.9. The van der Waals surface area contributed by atoms with Crippen LogP contribution < -0.4 is 14.2 Å². The predicted molar refractivity (Wildman–Crippen MR) is 182 cm³/mol. The van der Waals surface area contributed by atoms with Crippen LogP contribution >= 0.6 is 0 Å². The van der Waals surface area contributed by atoms with Gasteiger partial charge in [-0.25, -0.2) is 0 Å². The standard InChI is InChI=1S/C40H48O5/c1-40(2,33-17-25-35(43-4)26-18-33)34-19-27-38(28-20-34)45-37-23-15-32(16-24-37)39(41)31-13-21-36(22-14-31)44-30-12-10-8-6-5-7-9-11-29-42-3/h13-28H,5-12,29-30H2,1-4H3. The number of ketones is 1. The molecule has 45 heavy (non-hydrogen) atoms. The smallest absolute Gasteiger partial charge is 0.193 e. The van der Waals surface area contributed by atoms with E-state index in [1.165, 1.54) is 56.1 Å². The molecule has 0 spiro atoms.